The van der Waals surface area contributed by atoms with Crippen LogP contribution in [0.3, 0.4) is 0 Å². The molecule has 0 unspecified atom stereocenters. The van der Waals surface area contributed by atoms with E-state index in [1.165, 1.54) is 11.9 Å². The van der Waals surface area contributed by atoms with Gasteiger partial charge in [-0.2, -0.15) is 0 Å². The maximum Gasteiger partial charge on any atom is 0.244 e. The number of anilines is 1. The summed E-state index contributed by atoms with van der Waals surface area (Å²) in [6, 6.07) is 20.3. The van der Waals surface area contributed by atoms with Crippen LogP contribution in [0.4, 0.5) is 5.69 Å². The molecule has 0 saturated carbocycles. The van der Waals surface area contributed by atoms with Gasteiger partial charge in [0.1, 0.15) is 12.6 Å². The SMILES string of the molecule is CCc1ccc(N(CC(=O)N(Cc2ccc(Cl)cc2Cl)[C@H](Cc2ccccc2)C(=O)NC)S(C)(=O)=O)cc1. The van der Waals surface area contributed by atoms with Crippen LogP contribution in [0.25, 0.3) is 0 Å². The summed E-state index contributed by atoms with van der Waals surface area (Å²) in [5.41, 5.74) is 2.82. The standard InChI is InChI=1S/C28H31Cl2N3O4S/c1-4-20-10-14-24(15-11-20)33(38(3,36)37)19-27(34)32(18-22-12-13-23(29)17-25(22)30)26(28(35)31-2)16-21-8-6-5-7-9-21/h5-15,17,26H,4,16,18-19H2,1-3H3,(H,31,35)/t26-/m1/s1. The minimum Gasteiger partial charge on any atom is -0.357 e. The Balaban J connectivity index is 2.04. The van der Waals surface area contributed by atoms with Crippen molar-refractivity contribution in [1.29, 1.82) is 0 Å². The Morgan fingerprint density at radius 3 is 2.16 bits per heavy atom. The summed E-state index contributed by atoms with van der Waals surface area (Å²) < 4.78 is 26.6. The number of aryl methyl sites for hydroxylation is 1. The van der Waals surface area contributed by atoms with E-state index in [1.807, 2.05) is 49.4 Å². The van der Waals surface area contributed by atoms with Crippen LogP contribution < -0.4 is 9.62 Å². The molecule has 0 aliphatic rings. The average Bonchev–Trinajstić information content (AvgIpc) is 2.89. The smallest absolute Gasteiger partial charge is 0.244 e. The third-order valence-electron chi connectivity index (χ3n) is 6.19. The van der Waals surface area contributed by atoms with Crippen LogP contribution in [0.15, 0.2) is 72.8 Å². The summed E-state index contributed by atoms with van der Waals surface area (Å²) in [6.45, 7) is 1.49. The maximum atomic E-state index is 13.9. The number of rotatable bonds is 11. The average molecular weight is 577 g/mol. The third kappa shape index (κ3) is 7.72. The van der Waals surface area contributed by atoms with Crippen molar-refractivity contribution in [1.82, 2.24) is 10.2 Å². The highest BCUT2D eigenvalue weighted by Gasteiger charge is 2.33. The predicted molar refractivity (Wildman–Crippen MR) is 153 cm³/mol. The molecule has 3 aromatic rings. The first-order valence-electron chi connectivity index (χ1n) is 12.1. The monoisotopic (exact) mass is 575 g/mol. The van der Waals surface area contributed by atoms with Gasteiger partial charge < -0.3 is 10.2 Å². The molecule has 7 nitrogen and oxygen atoms in total. The molecule has 0 spiro atoms. The second-order valence-corrected chi connectivity index (χ2v) is 11.6. The van der Waals surface area contributed by atoms with Gasteiger partial charge in [0.05, 0.1) is 11.9 Å². The second kappa shape index (κ2) is 13.1. The Morgan fingerprint density at radius 1 is 0.947 bits per heavy atom. The van der Waals surface area contributed by atoms with Crippen LogP contribution in [0.2, 0.25) is 10.0 Å². The molecule has 3 rings (SSSR count). The Labute approximate surface area is 234 Å². The number of carbonyl (C=O) groups is 2. The molecule has 0 saturated heterocycles. The molecular weight excluding hydrogens is 545 g/mol. The van der Waals surface area contributed by atoms with E-state index in [2.05, 4.69) is 5.32 Å². The molecule has 2 amide bonds. The minimum absolute atomic E-state index is 0.0217. The Kier molecular flexibility index (Phi) is 10.2. The highest BCUT2D eigenvalue weighted by atomic mass is 35.5. The van der Waals surface area contributed by atoms with E-state index in [4.69, 9.17) is 23.2 Å². The zero-order valence-corrected chi connectivity index (χ0v) is 23.9. The van der Waals surface area contributed by atoms with E-state index >= 15 is 0 Å². The molecule has 0 bridgehead atoms. The molecule has 0 aromatic heterocycles. The van der Waals surface area contributed by atoms with Gasteiger partial charge in [0.2, 0.25) is 21.8 Å². The van der Waals surface area contributed by atoms with Crippen LogP contribution >= 0.6 is 23.2 Å². The van der Waals surface area contributed by atoms with Crippen LogP contribution in [0, 0.1) is 0 Å². The number of nitrogens with one attached hydrogen (secondary N) is 1. The summed E-state index contributed by atoms with van der Waals surface area (Å²) in [5.74, 6) is -0.934. The lowest BCUT2D eigenvalue weighted by Crippen LogP contribution is -2.52. The number of hydrogen-bond donors (Lipinski definition) is 1. The van der Waals surface area contributed by atoms with Crippen LogP contribution in [0.1, 0.15) is 23.6 Å². The normalized spacial score (nSPS) is 12.0. The summed E-state index contributed by atoms with van der Waals surface area (Å²) in [7, 11) is -2.33. The van der Waals surface area contributed by atoms with E-state index in [1.54, 1.807) is 30.3 Å². The van der Waals surface area contributed by atoms with Crippen molar-refractivity contribution in [3.05, 3.63) is 99.5 Å². The van der Waals surface area contributed by atoms with Gasteiger partial charge in [-0.15, -0.1) is 0 Å². The number of halogens is 2. The summed E-state index contributed by atoms with van der Waals surface area (Å²) in [6.07, 6.45) is 2.07. The quantitative estimate of drug-likeness (QED) is 0.359. The van der Waals surface area contributed by atoms with Gasteiger partial charge >= 0.3 is 0 Å². The van der Waals surface area contributed by atoms with E-state index in [-0.39, 0.29) is 18.9 Å². The number of hydrogen-bond acceptors (Lipinski definition) is 4. The molecule has 0 fully saturated rings. The van der Waals surface area contributed by atoms with Gasteiger partial charge in [-0.25, -0.2) is 8.42 Å². The second-order valence-electron chi connectivity index (χ2n) is 8.87. The first-order valence-corrected chi connectivity index (χ1v) is 14.7. The lowest BCUT2D eigenvalue weighted by atomic mass is 10.0. The lowest BCUT2D eigenvalue weighted by molar-refractivity contribution is -0.139. The highest BCUT2D eigenvalue weighted by molar-refractivity contribution is 7.92. The van der Waals surface area contributed by atoms with E-state index in [9.17, 15) is 18.0 Å². The molecule has 1 atom stereocenters. The van der Waals surface area contributed by atoms with Crippen molar-refractivity contribution in [2.75, 3.05) is 24.2 Å². The topological polar surface area (TPSA) is 86.8 Å². The van der Waals surface area contributed by atoms with Crippen molar-refractivity contribution in [2.45, 2.75) is 32.4 Å². The Morgan fingerprint density at radius 2 is 1.61 bits per heavy atom. The summed E-state index contributed by atoms with van der Waals surface area (Å²) >= 11 is 12.5. The molecule has 0 aliphatic carbocycles. The highest BCUT2D eigenvalue weighted by Crippen LogP contribution is 2.25. The molecule has 1 N–H and O–H groups in total. The van der Waals surface area contributed by atoms with Gasteiger partial charge in [-0.3, -0.25) is 13.9 Å². The van der Waals surface area contributed by atoms with E-state index in [0.29, 0.717) is 21.3 Å². The minimum atomic E-state index is -3.82. The summed E-state index contributed by atoms with van der Waals surface area (Å²) in [4.78, 5) is 28.4. The molecule has 0 heterocycles. The number of amides is 2. The van der Waals surface area contributed by atoms with Crippen LogP contribution in [-0.4, -0.2) is 51.0 Å². The first-order chi connectivity index (χ1) is 18.0. The first kappa shape index (κ1) is 29.5. The van der Waals surface area contributed by atoms with Gasteiger partial charge in [0, 0.05) is 30.1 Å². The predicted octanol–water partition coefficient (Wildman–Crippen LogP) is 4.71. The zero-order valence-electron chi connectivity index (χ0n) is 21.5. The van der Waals surface area contributed by atoms with Crippen molar-refractivity contribution >= 4 is 50.7 Å². The molecule has 38 heavy (non-hydrogen) atoms. The van der Waals surface area contributed by atoms with Crippen LogP contribution in [-0.2, 0) is 39.0 Å². The van der Waals surface area contributed by atoms with Gasteiger partial charge in [0.25, 0.3) is 0 Å². The molecule has 3 aromatic carbocycles. The van der Waals surface area contributed by atoms with Gasteiger partial charge in [0.15, 0.2) is 0 Å². The van der Waals surface area contributed by atoms with Gasteiger partial charge in [-0.1, -0.05) is 78.7 Å². The van der Waals surface area contributed by atoms with Crippen molar-refractivity contribution in [3.8, 4) is 0 Å². The number of carbonyl (C=O) groups excluding carboxylic acids is 2. The number of likely N-dealkylation sites (N-methyl/N-ethyl adjacent to an activating group) is 1. The third-order valence-corrected chi connectivity index (χ3v) is 7.91. The zero-order chi connectivity index (χ0) is 27.9. The Hall–Kier alpha value is -3.07. The Bertz CT molecular complexity index is 1370. The maximum absolute atomic E-state index is 13.9. The fourth-order valence-corrected chi connectivity index (χ4v) is 5.38. The van der Waals surface area contributed by atoms with E-state index < -0.39 is 28.5 Å². The van der Waals surface area contributed by atoms with Crippen molar-refractivity contribution < 1.29 is 18.0 Å². The lowest BCUT2D eigenvalue weighted by Gasteiger charge is -2.33. The molecule has 202 valence electrons. The van der Waals surface area contributed by atoms with Gasteiger partial charge in [-0.05, 0) is 47.4 Å². The fourth-order valence-electron chi connectivity index (χ4n) is 4.07. The van der Waals surface area contributed by atoms with E-state index in [0.717, 1.165) is 28.1 Å². The van der Waals surface area contributed by atoms with Crippen molar-refractivity contribution in [2.24, 2.45) is 0 Å². The number of sulfonamides is 1. The van der Waals surface area contributed by atoms with Crippen molar-refractivity contribution in [3.63, 3.8) is 0 Å². The number of nitrogens with zero attached hydrogens (tertiary/aromatic N) is 2. The fraction of sp³-hybridized carbons (Fsp3) is 0.286. The summed E-state index contributed by atoms with van der Waals surface area (Å²) in [5, 5.41) is 3.41. The molecule has 0 aliphatic heterocycles. The largest absolute Gasteiger partial charge is 0.357 e. The number of benzene rings is 3. The molecule has 10 heteroatoms. The molecular formula is C28H31Cl2N3O4S. The van der Waals surface area contributed by atoms with Crippen LogP contribution in [0.5, 0.6) is 0 Å². The molecule has 0 radical (unpaired) electrons.